The molecule has 2 aromatic rings. The molecule has 0 fully saturated rings. The highest BCUT2D eigenvalue weighted by atomic mass is 35.5. The highest BCUT2D eigenvalue weighted by molar-refractivity contribution is 6.29. The van der Waals surface area contributed by atoms with E-state index in [-0.39, 0.29) is 11.1 Å². The van der Waals surface area contributed by atoms with E-state index in [1.165, 1.54) is 11.6 Å². The molecule has 0 spiro atoms. The van der Waals surface area contributed by atoms with Crippen LogP contribution in [0, 0.1) is 18.3 Å². The molecule has 6 heteroatoms. The van der Waals surface area contributed by atoms with Gasteiger partial charge in [-0.05, 0) is 24.6 Å². The van der Waals surface area contributed by atoms with E-state index in [1.54, 1.807) is 18.2 Å². The third-order valence-corrected chi connectivity index (χ3v) is 2.82. The molecule has 0 aliphatic heterocycles. The number of aromatic nitrogens is 2. The van der Waals surface area contributed by atoms with E-state index in [0.717, 1.165) is 5.56 Å². The van der Waals surface area contributed by atoms with Gasteiger partial charge in [-0.25, -0.2) is 4.68 Å². The summed E-state index contributed by atoms with van der Waals surface area (Å²) in [5.41, 5.74) is 2.03. The predicted molar refractivity (Wildman–Crippen MR) is 72.3 cm³/mol. The van der Waals surface area contributed by atoms with E-state index in [1.807, 2.05) is 13.0 Å². The van der Waals surface area contributed by atoms with E-state index < -0.39 is 0 Å². The monoisotopic (exact) mass is 274 g/mol. The van der Waals surface area contributed by atoms with Gasteiger partial charge in [-0.15, -0.1) is 0 Å². The number of benzene rings is 1. The summed E-state index contributed by atoms with van der Waals surface area (Å²) in [6, 6.07) is 8.96. The van der Waals surface area contributed by atoms with Gasteiger partial charge < -0.3 is 5.32 Å². The lowest BCUT2D eigenvalue weighted by Gasteiger charge is -2.10. The molecule has 0 bridgehead atoms. The predicted octanol–water partition coefficient (Wildman–Crippen LogP) is 2.66. The van der Waals surface area contributed by atoms with Crippen LogP contribution in [0.4, 0.5) is 5.82 Å². The molecule has 5 nitrogen and oxygen atoms in total. The van der Waals surface area contributed by atoms with E-state index in [9.17, 15) is 4.79 Å². The van der Waals surface area contributed by atoms with Crippen LogP contribution in [0.25, 0.3) is 5.69 Å². The number of amides is 1. The van der Waals surface area contributed by atoms with Crippen LogP contribution in [-0.2, 0) is 4.79 Å². The smallest absolute Gasteiger partial charge is 0.222 e. The number of hydrogen-bond acceptors (Lipinski definition) is 3. The number of anilines is 1. The Bertz CT molecular complexity index is 684. The number of nitrogens with one attached hydrogen (secondary N) is 1. The Morgan fingerprint density at radius 3 is 2.89 bits per heavy atom. The van der Waals surface area contributed by atoms with Crippen molar-refractivity contribution in [3.8, 4) is 11.8 Å². The first-order valence-electron chi connectivity index (χ1n) is 5.56. The second kappa shape index (κ2) is 5.12. The van der Waals surface area contributed by atoms with Gasteiger partial charge in [-0.3, -0.25) is 4.79 Å². The molecule has 0 aliphatic rings. The first-order chi connectivity index (χ1) is 9.02. The second-order valence-corrected chi connectivity index (χ2v) is 4.39. The van der Waals surface area contributed by atoms with E-state index in [4.69, 9.17) is 16.9 Å². The van der Waals surface area contributed by atoms with Crippen molar-refractivity contribution in [2.24, 2.45) is 0 Å². The van der Waals surface area contributed by atoms with E-state index in [0.29, 0.717) is 17.1 Å². The summed E-state index contributed by atoms with van der Waals surface area (Å²) >= 11 is 5.88. The van der Waals surface area contributed by atoms with E-state index in [2.05, 4.69) is 16.5 Å². The molecule has 0 radical (unpaired) electrons. The van der Waals surface area contributed by atoms with Gasteiger partial charge in [-0.1, -0.05) is 17.7 Å². The van der Waals surface area contributed by atoms with Crippen molar-refractivity contribution in [3.63, 3.8) is 0 Å². The van der Waals surface area contributed by atoms with Crippen LogP contribution in [0.1, 0.15) is 18.1 Å². The Morgan fingerprint density at radius 1 is 1.53 bits per heavy atom. The number of carbonyl (C=O) groups excluding carboxylic acids is 1. The lowest BCUT2D eigenvalue weighted by Crippen LogP contribution is -2.11. The van der Waals surface area contributed by atoms with Crippen LogP contribution >= 0.6 is 11.6 Å². The van der Waals surface area contributed by atoms with Gasteiger partial charge >= 0.3 is 0 Å². The molecule has 2 rings (SSSR count). The molecule has 1 aromatic heterocycles. The lowest BCUT2D eigenvalue weighted by molar-refractivity contribution is -0.114. The molecule has 0 atom stereocenters. The second-order valence-electron chi connectivity index (χ2n) is 4.01. The quantitative estimate of drug-likeness (QED) is 0.915. The number of hydrogen-bond donors (Lipinski definition) is 1. The van der Waals surface area contributed by atoms with Crippen molar-refractivity contribution in [2.75, 3.05) is 5.32 Å². The van der Waals surface area contributed by atoms with Crippen LogP contribution in [-0.4, -0.2) is 15.7 Å². The highest BCUT2D eigenvalue weighted by Crippen LogP contribution is 2.24. The summed E-state index contributed by atoms with van der Waals surface area (Å²) in [5.74, 6) is 0.252. The lowest BCUT2D eigenvalue weighted by atomic mass is 10.1. The summed E-state index contributed by atoms with van der Waals surface area (Å²) in [7, 11) is 0. The zero-order valence-electron chi connectivity index (χ0n) is 10.4. The third-order valence-electron chi connectivity index (χ3n) is 2.64. The molecule has 1 heterocycles. The molecule has 1 N–H and O–H groups in total. The minimum Gasteiger partial charge on any atom is -0.311 e. The summed E-state index contributed by atoms with van der Waals surface area (Å²) in [4.78, 5) is 11.2. The van der Waals surface area contributed by atoms with Crippen molar-refractivity contribution in [1.82, 2.24) is 9.78 Å². The van der Waals surface area contributed by atoms with Crippen LogP contribution in [0.5, 0.6) is 0 Å². The highest BCUT2D eigenvalue weighted by Gasteiger charge is 2.13. The molecule has 0 aliphatic carbocycles. The molecular weight excluding hydrogens is 264 g/mol. The molecule has 0 unspecified atom stereocenters. The topological polar surface area (TPSA) is 70.7 Å². The number of halogens is 1. The summed E-state index contributed by atoms with van der Waals surface area (Å²) in [6.07, 6.45) is 0. The van der Waals surface area contributed by atoms with Crippen molar-refractivity contribution in [2.45, 2.75) is 13.8 Å². The molecule has 19 heavy (non-hydrogen) atoms. The fourth-order valence-corrected chi connectivity index (χ4v) is 1.96. The van der Waals surface area contributed by atoms with Crippen molar-refractivity contribution < 1.29 is 4.79 Å². The normalized spacial score (nSPS) is 10.0. The number of nitrogens with zero attached hydrogens (tertiary/aromatic N) is 3. The van der Waals surface area contributed by atoms with Crippen LogP contribution in [0.2, 0.25) is 5.15 Å². The Kier molecular flexibility index (Phi) is 3.54. The van der Waals surface area contributed by atoms with Gasteiger partial charge in [0.2, 0.25) is 5.91 Å². The Hall–Kier alpha value is -2.32. The summed E-state index contributed by atoms with van der Waals surface area (Å²) in [6.45, 7) is 3.23. The minimum absolute atomic E-state index is 0.216. The molecule has 0 saturated carbocycles. The van der Waals surface area contributed by atoms with Crippen molar-refractivity contribution in [3.05, 3.63) is 40.5 Å². The fraction of sp³-hybridized carbons (Fsp3) is 0.154. The molecule has 0 saturated heterocycles. The van der Waals surface area contributed by atoms with Gasteiger partial charge in [0.25, 0.3) is 0 Å². The number of rotatable bonds is 2. The maximum Gasteiger partial charge on any atom is 0.222 e. The van der Waals surface area contributed by atoms with Gasteiger partial charge in [0.1, 0.15) is 5.82 Å². The largest absolute Gasteiger partial charge is 0.311 e. The Morgan fingerprint density at radius 2 is 2.26 bits per heavy atom. The summed E-state index contributed by atoms with van der Waals surface area (Å²) in [5, 5.41) is 16.1. The van der Waals surface area contributed by atoms with Crippen LogP contribution < -0.4 is 5.32 Å². The third kappa shape index (κ3) is 2.59. The molecule has 1 aromatic carbocycles. The molecular formula is C13H11ClN4O. The Labute approximate surface area is 115 Å². The van der Waals surface area contributed by atoms with Gasteiger partial charge in [0.05, 0.1) is 17.3 Å². The maximum absolute atomic E-state index is 11.2. The zero-order valence-corrected chi connectivity index (χ0v) is 11.2. The standard InChI is InChI=1S/C13H11ClN4O/c1-8-10(7-15)4-3-5-11(8)18-13(16-9(2)19)6-12(14)17-18/h3-6H,1-2H3,(H,16,19). The fourth-order valence-electron chi connectivity index (χ4n) is 1.78. The first-order valence-corrected chi connectivity index (χ1v) is 5.94. The average molecular weight is 275 g/mol. The van der Waals surface area contributed by atoms with Gasteiger partial charge in [0, 0.05) is 13.0 Å². The summed E-state index contributed by atoms with van der Waals surface area (Å²) < 4.78 is 1.51. The van der Waals surface area contributed by atoms with Crippen molar-refractivity contribution in [1.29, 1.82) is 5.26 Å². The first kappa shape index (κ1) is 13.1. The average Bonchev–Trinajstić information content (AvgIpc) is 2.69. The van der Waals surface area contributed by atoms with Gasteiger partial charge in [0.15, 0.2) is 5.15 Å². The Balaban J connectivity index is 2.59. The van der Waals surface area contributed by atoms with Gasteiger partial charge in [-0.2, -0.15) is 10.4 Å². The minimum atomic E-state index is -0.216. The number of carbonyl (C=O) groups is 1. The molecule has 1 amide bonds. The van der Waals surface area contributed by atoms with E-state index >= 15 is 0 Å². The van der Waals surface area contributed by atoms with Crippen LogP contribution in [0.3, 0.4) is 0 Å². The zero-order chi connectivity index (χ0) is 14.0. The molecule has 96 valence electrons. The van der Waals surface area contributed by atoms with Crippen molar-refractivity contribution >= 4 is 23.3 Å². The SMILES string of the molecule is CC(=O)Nc1cc(Cl)nn1-c1cccc(C#N)c1C. The maximum atomic E-state index is 11.2. The van der Waals surface area contributed by atoms with Crippen LogP contribution in [0.15, 0.2) is 24.3 Å². The number of nitriles is 1.